The van der Waals surface area contributed by atoms with E-state index in [1.165, 1.54) is 0 Å². The number of carboxylic acid groups (broad SMARTS) is 1. The highest BCUT2D eigenvalue weighted by atomic mass is 16.5. The highest BCUT2D eigenvalue weighted by Gasteiger charge is 2.20. The van der Waals surface area contributed by atoms with E-state index in [1.54, 1.807) is 0 Å². The fourth-order valence-corrected chi connectivity index (χ4v) is 2.34. The normalized spacial score (nSPS) is 12.1. The van der Waals surface area contributed by atoms with Gasteiger partial charge in [0.1, 0.15) is 0 Å². The quantitative estimate of drug-likeness (QED) is 0.883. The van der Waals surface area contributed by atoms with E-state index in [0.29, 0.717) is 13.0 Å². The minimum atomic E-state index is -0.923. The third-order valence-corrected chi connectivity index (χ3v) is 3.60. The van der Waals surface area contributed by atoms with Gasteiger partial charge in [0, 0.05) is 6.42 Å². The molecule has 0 radical (unpaired) electrons. The smallest absolute Gasteiger partial charge is 0.333 e. The Labute approximate surface area is 125 Å². The molecular formula is C18H20O3. The van der Waals surface area contributed by atoms with E-state index < -0.39 is 12.1 Å². The van der Waals surface area contributed by atoms with Gasteiger partial charge in [0.15, 0.2) is 6.10 Å². The van der Waals surface area contributed by atoms with Crippen LogP contribution in [0.4, 0.5) is 0 Å². The molecule has 0 aliphatic carbocycles. The molecule has 0 aliphatic heterocycles. The van der Waals surface area contributed by atoms with E-state index in [0.717, 1.165) is 22.3 Å². The maximum absolute atomic E-state index is 11.4. The van der Waals surface area contributed by atoms with Gasteiger partial charge in [-0.3, -0.25) is 0 Å². The maximum Gasteiger partial charge on any atom is 0.333 e. The summed E-state index contributed by atoms with van der Waals surface area (Å²) in [6, 6.07) is 15.6. The van der Waals surface area contributed by atoms with Gasteiger partial charge < -0.3 is 9.84 Å². The summed E-state index contributed by atoms with van der Waals surface area (Å²) >= 11 is 0. The minimum Gasteiger partial charge on any atom is -0.479 e. The first-order valence-corrected chi connectivity index (χ1v) is 7.01. The van der Waals surface area contributed by atoms with Crippen LogP contribution in [0.15, 0.2) is 48.5 Å². The number of rotatable bonds is 6. The van der Waals surface area contributed by atoms with E-state index in [4.69, 9.17) is 4.74 Å². The Balaban J connectivity index is 2.08. The first-order chi connectivity index (χ1) is 10.1. The molecule has 3 heteroatoms. The van der Waals surface area contributed by atoms with Crippen molar-refractivity contribution in [2.45, 2.75) is 33.0 Å². The van der Waals surface area contributed by atoms with Gasteiger partial charge in [-0.25, -0.2) is 4.79 Å². The number of hydrogen-bond donors (Lipinski definition) is 1. The van der Waals surface area contributed by atoms with Crippen LogP contribution in [-0.2, 0) is 22.6 Å². The monoisotopic (exact) mass is 284 g/mol. The zero-order chi connectivity index (χ0) is 15.2. The first-order valence-electron chi connectivity index (χ1n) is 7.01. The molecule has 0 spiro atoms. The van der Waals surface area contributed by atoms with Gasteiger partial charge >= 0.3 is 5.97 Å². The average molecular weight is 284 g/mol. The van der Waals surface area contributed by atoms with Gasteiger partial charge in [0.05, 0.1) is 6.61 Å². The number of ether oxygens (including phenoxy) is 1. The standard InChI is InChI=1S/C18H20O3/c1-13-7-6-8-14(2)16(13)11-17(18(19)20)21-12-15-9-4-3-5-10-15/h3-10,17H,11-12H2,1-2H3,(H,19,20)/t17-/m1/s1. The van der Waals surface area contributed by atoms with Gasteiger partial charge in [-0.05, 0) is 36.1 Å². The second kappa shape index (κ2) is 7.04. The van der Waals surface area contributed by atoms with Crippen molar-refractivity contribution in [3.63, 3.8) is 0 Å². The zero-order valence-electron chi connectivity index (χ0n) is 12.4. The van der Waals surface area contributed by atoms with Gasteiger partial charge in [-0.2, -0.15) is 0 Å². The third-order valence-electron chi connectivity index (χ3n) is 3.60. The Morgan fingerprint density at radius 1 is 1.05 bits per heavy atom. The highest BCUT2D eigenvalue weighted by molar-refractivity contribution is 5.73. The van der Waals surface area contributed by atoms with Crippen molar-refractivity contribution in [3.8, 4) is 0 Å². The summed E-state index contributed by atoms with van der Waals surface area (Å²) in [5.74, 6) is -0.923. The molecule has 2 aromatic rings. The van der Waals surface area contributed by atoms with E-state index in [9.17, 15) is 9.90 Å². The van der Waals surface area contributed by atoms with Crippen LogP contribution in [0.3, 0.4) is 0 Å². The van der Waals surface area contributed by atoms with Crippen molar-refractivity contribution in [1.82, 2.24) is 0 Å². The van der Waals surface area contributed by atoms with E-state index in [1.807, 2.05) is 62.4 Å². The summed E-state index contributed by atoms with van der Waals surface area (Å²) in [6.07, 6.45) is -0.439. The number of benzene rings is 2. The van der Waals surface area contributed by atoms with Crippen LogP contribution < -0.4 is 0 Å². The Hall–Kier alpha value is -2.13. The van der Waals surface area contributed by atoms with Crippen molar-refractivity contribution >= 4 is 5.97 Å². The zero-order valence-corrected chi connectivity index (χ0v) is 12.4. The Morgan fingerprint density at radius 2 is 1.67 bits per heavy atom. The Kier molecular flexibility index (Phi) is 5.12. The summed E-state index contributed by atoms with van der Waals surface area (Å²) in [7, 11) is 0. The average Bonchev–Trinajstić information content (AvgIpc) is 2.47. The summed E-state index contributed by atoms with van der Waals surface area (Å²) in [5.41, 5.74) is 4.23. The first kappa shape index (κ1) is 15.3. The lowest BCUT2D eigenvalue weighted by Gasteiger charge is -2.17. The number of aryl methyl sites for hydroxylation is 2. The maximum atomic E-state index is 11.4. The lowest BCUT2D eigenvalue weighted by Crippen LogP contribution is -2.27. The number of aliphatic carboxylic acids is 1. The second-order valence-electron chi connectivity index (χ2n) is 5.20. The molecule has 0 unspecified atom stereocenters. The van der Waals surface area contributed by atoms with Crippen LogP contribution in [0.25, 0.3) is 0 Å². The molecule has 2 aromatic carbocycles. The lowest BCUT2D eigenvalue weighted by molar-refractivity contribution is -0.151. The summed E-state index contributed by atoms with van der Waals surface area (Å²) < 4.78 is 5.60. The fourth-order valence-electron chi connectivity index (χ4n) is 2.34. The highest BCUT2D eigenvalue weighted by Crippen LogP contribution is 2.17. The predicted octanol–water partition coefficient (Wildman–Crippen LogP) is 3.52. The van der Waals surface area contributed by atoms with Crippen molar-refractivity contribution in [1.29, 1.82) is 0 Å². The predicted molar refractivity (Wildman–Crippen MR) is 82.3 cm³/mol. The molecule has 0 fully saturated rings. The summed E-state index contributed by atoms with van der Waals surface area (Å²) in [4.78, 5) is 11.4. The molecule has 0 saturated carbocycles. The Morgan fingerprint density at radius 3 is 2.24 bits per heavy atom. The van der Waals surface area contributed by atoms with Crippen molar-refractivity contribution in [2.75, 3.05) is 0 Å². The van der Waals surface area contributed by atoms with Gasteiger partial charge in [0.2, 0.25) is 0 Å². The van der Waals surface area contributed by atoms with E-state index in [2.05, 4.69) is 0 Å². The molecular weight excluding hydrogens is 264 g/mol. The molecule has 21 heavy (non-hydrogen) atoms. The van der Waals surface area contributed by atoms with Gasteiger partial charge in [-0.15, -0.1) is 0 Å². The molecule has 3 nitrogen and oxygen atoms in total. The molecule has 0 saturated heterocycles. The molecule has 1 N–H and O–H groups in total. The van der Waals surface area contributed by atoms with Crippen LogP contribution >= 0.6 is 0 Å². The van der Waals surface area contributed by atoms with E-state index in [-0.39, 0.29) is 0 Å². The van der Waals surface area contributed by atoms with Crippen LogP contribution in [0, 0.1) is 13.8 Å². The van der Waals surface area contributed by atoms with Crippen LogP contribution in [0.1, 0.15) is 22.3 Å². The summed E-state index contributed by atoms with van der Waals surface area (Å²) in [6.45, 7) is 4.31. The fraction of sp³-hybridized carbons (Fsp3) is 0.278. The number of carboxylic acids is 1. The Bertz CT molecular complexity index is 585. The molecule has 1 atom stereocenters. The number of carbonyl (C=O) groups is 1. The molecule has 0 heterocycles. The van der Waals surface area contributed by atoms with Gasteiger partial charge in [-0.1, -0.05) is 48.5 Å². The van der Waals surface area contributed by atoms with Crippen molar-refractivity contribution < 1.29 is 14.6 Å². The molecule has 0 amide bonds. The third kappa shape index (κ3) is 4.17. The molecule has 2 rings (SSSR count). The number of hydrogen-bond acceptors (Lipinski definition) is 2. The minimum absolute atomic E-state index is 0.308. The summed E-state index contributed by atoms with van der Waals surface area (Å²) in [5, 5.41) is 9.37. The molecule has 0 aromatic heterocycles. The van der Waals surface area contributed by atoms with E-state index >= 15 is 0 Å². The van der Waals surface area contributed by atoms with Crippen molar-refractivity contribution in [2.24, 2.45) is 0 Å². The lowest BCUT2D eigenvalue weighted by atomic mass is 9.97. The van der Waals surface area contributed by atoms with Gasteiger partial charge in [0.25, 0.3) is 0 Å². The SMILES string of the molecule is Cc1cccc(C)c1C[C@@H](OCc1ccccc1)C(=O)O. The molecule has 0 bridgehead atoms. The van der Waals surface area contributed by atoms with Crippen molar-refractivity contribution in [3.05, 3.63) is 70.8 Å². The molecule has 0 aliphatic rings. The second-order valence-corrected chi connectivity index (χ2v) is 5.20. The topological polar surface area (TPSA) is 46.5 Å². The van der Waals surface area contributed by atoms with Crippen LogP contribution in [0.2, 0.25) is 0 Å². The molecule has 110 valence electrons. The van der Waals surface area contributed by atoms with Crippen LogP contribution in [-0.4, -0.2) is 17.2 Å². The van der Waals surface area contributed by atoms with Crippen LogP contribution in [0.5, 0.6) is 0 Å². The largest absolute Gasteiger partial charge is 0.479 e.